The van der Waals surface area contributed by atoms with Crippen LogP contribution in [0, 0.1) is 0 Å². The maximum absolute atomic E-state index is 12.7. The Morgan fingerprint density at radius 3 is 2.62 bits per heavy atom. The van der Waals surface area contributed by atoms with E-state index in [1.807, 2.05) is 0 Å². The van der Waals surface area contributed by atoms with Gasteiger partial charge in [-0.2, -0.15) is 0 Å². The molecule has 0 aliphatic carbocycles. The molecular formula is C14H12Cl2N4O3S. The highest BCUT2D eigenvalue weighted by Gasteiger charge is 2.32. The Hall–Kier alpha value is -1.90. The van der Waals surface area contributed by atoms with Gasteiger partial charge >= 0.3 is 6.03 Å². The Bertz CT molecular complexity index is 949. The van der Waals surface area contributed by atoms with Crippen molar-refractivity contribution < 1.29 is 13.2 Å². The molecule has 0 atom stereocenters. The summed E-state index contributed by atoms with van der Waals surface area (Å²) < 4.78 is 23.2. The highest BCUT2D eigenvalue weighted by Crippen LogP contribution is 2.35. The maximum Gasteiger partial charge on any atom is 0.330 e. The zero-order valence-electron chi connectivity index (χ0n) is 12.7. The van der Waals surface area contributed by atoms with Gasteiger partial charge in [0.25, 0.3) is 0 Å². The zero-order valence-corrected chi connectivity index (χ0v) is 15.0. The van der Waals surface area contributed by atoms with Crippen molar-refractivity contribution in [1.29, 1.82) is 0 Å². The molecule has 0 radical (unpaired) electrons. The Labute approximate surface area is 148 Å². The number of carbonyl (C=O) groups is 1. The van der Waals surface area contributed by atoms with Gasteiger partial charge in [-0.25, -0.2) is 23.2 Å². The van der Waals surface area contributed by atoms with Crippen LogP contribution in [0.2, 0.25) is 10.0 Å². The number of aromatic nitrogens is 2. The minimum atomic E-state index is -3.57. The van der Waals surface area contributed by atoms with Crippen molar-refractivity contribution in [3.63, 3.8) is 0 Å². The topological polar surface area (TPSA) is 83.5 Å². The van der Waals surface area contributed by atoms with Crippen LogP contribution >= 0.6 is 23.2 Å². The first-order valence-corrected chi connectivity index (χ1v) is 9.39. The lowest BCUT2D eigenvalue weighted by Gasteiger charge is -2.34. The fourth-order valence-electron chi connectivity index (χ4n) is 2.35. The monoisotopic (exact) mass is 386 g/mol. The Balaban J connectivity index is 2.09. The minimum absolute atomic E-state index is 0.155. The second-order valence-electron chi connectivity index (χ2n) is 5.30. The van der Waals surface area contributed by atoms with Crippen molar-refractivity contribution >= 4 is 50.6 Å². The standard InChI is InChI=1S/C14H12Cl2N4O3S/c1-19-12-8(6-17-13(18-12)24(2,22)23)7-20(14(19)21)11-5-9(15)3-4-10(11)16/h3-6H,7H2,1-2H3. The van der Waals surface area contributed by atoms with Crippen molar-refractivity contribution in [2.45, 2.75) is 11.7 Å². The van der Waals surface area contributed by atoms with Crippen LogP contribution in [0.4, 0.5) is 16.3 Å². The van der Waals surface area contributed by atoms with Gasteiger partial charge in [0.05, 0.1) is 17.3 Å². The third kappa shape index (κ3) is 2.92. The fourth-order valence-corrected chi connectivity index (χ4v) is 3.24. The number of fused-ring (bicyclic) bond motifs is 1. The van der Waals surface area contributed by atoms with E-state index in [4.69, 9.17) is 23.2 Å². The third-order valence-electron chi connectivity index (χ3n) is 3.51. The predicted molar refractivity (Wildman–Crippen MR) is 91.6 cm³/mol. The molecule has 0 saturated carbocycles. The Morgan fingerprint density at radius 1 is 1.25 bits per heavy atom. The van der Waals surface area contributed by atoms with Crippen molar-refractivity contribution in [3.8, 4) is 0 Å². The summed E-state index contributed by atoms with van der Waals surface area (Å²) in [4.78, 5) is 23.2. The van der Waals surface area contributed by atoms with E-state index >= 15 is 0 Å². The molecule has 3 rings (SSSR count). The van der Waals surface area contributed by atoms with Crippen LogP contribution < -0.4 is 9.80 Å². The highest BCUT2D eigenvalue weighted by molar-refractivity contribution is 7.90. The molecule has 126 valence electrons. The summed E-state index contributed by atoms with van der Waals surface area (Å²) in [6, 6.07) is 4.42. The second-order valence-corrected chi connectivity index (χ2v) is 8.05. The maximum atomic E-state index is 12.7. The van der Waals surface area contributed by atoms with Crippen LogP contribution in [-0.4, -0.2) is 37.7 Å². The lowest BCUT2D eigenvalue weighted by atomic mass is 10.2. The first-order chi connectivity index (χ1) is 11.2. The number of sulfone groups is 1. The number of hydrogen-bond acceptors (Lipinski definition) is 5. The van der Waals surface area contributed by atoms with Crippen molar-refractivity contribution in [2.24, 2.45) is 0 Å². The predicted octanol–water partition coefficient (Wildman–Crippen LogP) is 2.76. The van der Waals surface area contributed by atoms with Gasteiger partial charge in [-0.05, 0) is 18.2 Å². The van der Waals surface area contributed by atoms with Crippen LogP contribution in [0.3, 0.4) is 0 Å². The molecule has 0 unspecified atom stereocenters. The van der Waals surface area contributed by atoms with Crippen molar-refractivity contribution in [3.05, 3.63) is 40.0 Å². The summed E-state index contributed by atoms with van der Waals surface area (Å²) in [5.74, 6) is 0.254. The fraction of sp³-hybridized carbons (Fsp3) is 0.214. The van der Waals surface area contributed by atoms with E-state index in [0.717, 1.165) is 6.26 Å². The van der Waals surface area contributed by atoms with E-state index in [0.29, 0.717) is 21.3 Å². The van der Waals surface area contributed by atoms with Gasteiger partial charge in [-0.3, -0.25) is 9.80 Å². The number of anilines is 2. The summed E-state index contributed by atoms with van der Waals surface area (Å²) in [5.41, 5.74) is 1.05. The molecule has 2 amide bonds. The molecule has 24 heavy (non-hydrogen) atoms. The molecular weight excluding hydrogens is 375 g/mol. The van der Waals surface area contributed by atoms with Crippen molar-refractivity contribution in [1.82, 2.24) is 9.97 Å². The largest absolute Gasteiger partial charge is 0.330 e. The summed E-state index contributed by atoms with van der Waals surface area (Å²) in [7, 11) is -2.06. The summed E-state index contributed by atoms with van der Waals surface area (Å²) in [6.45, 7) is 0.155. The number of benzene rings is 1. The SMILES string of the molecule is CN1C(=O)N(c2cc(Cl)ccc2Cl)Cc2cnc(S(C)(=O)=O)nc21. The lowest BCUT2D eigenvalue weighted by Crippen LogP contribution is -2.46. The van der Waals surface area contributed by atoms with Gasteiger partial charge in [0.1, 0.15) is 5.82 Å². The lowest BCUT2D eigenvalue weighted by molar-refractivity contribution is 0.251. The number of amides is 2. The molecule has 1 aromatic heterocycles. The first-order valence-electron chi connectivity index (χ1n) is 6.74. The molecule has 1 aromatic carbocycles. The molecule has 2 aromatic rings. The van der Waals surface area contributed by atoms with E-state index in [9.17, 15) is 13.2 Å². The summed E-state index contributed by atoms with van der Waals surface area (Å²) in [6.07, 6.45) is 2.41. The van der Waals surface area contributed by atoms with Crippen LogP contribution in [0.25, 0.3) is 0 Å². The molecule has 0 spiro atoms. The quantitative estimate of drug-likeness (QED) is 0.740. The second kappa shape index (κ2) is 5.87. The van der Waals surface area contributed by atoms with Gasteiger partial charge in [-0.1, -0.05) is 23.2 Å². The normalized spacial score (nSPS) is 14.8. The smallest absolute Gasteiger partial charge is 0.288 e. The highest BCUT2D eigenvalue weighted by atomic mass is 35.5. The molecule has 0 N–H and O–H groups in total. The van der Waals surface area contributed by atoms with Crippen LogP contribution in [0.1, 0.15) is 5.56 Å². The number of carbonyl (C=O) groups excluding carboxylic acids is 1. The summed E-state index contributed by atoms with van der Waals surface area (Å²) in [5, 5.41) is 0.493. The summed E-state index contributed by atoms with van der Waals surface area (Å²) >= 11 is 12.2. The van der Waals surface area contributed by atoms with Gasteiger partial charge in [0, 0.05) is 30.1 Å². The van der Waals surface area contributed by atoms with Crippen LogP contribution in [-0.2, 0) is 16.4 Å². The Morgan fingerprint density at radius 2 is 1.96 bits per heavy atom. The molecule has 1 aliphatic rings. The number of hydrogen-bond donors (Lipinski definition) is 0. The van der Waals surface area contributed by atoms with Gasteiger partial charge in [0.2, 0.25) is 15.0 Å². The Kier molecular flexibility index (Phi) is 4.15. The van der Waals surface area contributed by atoms with Gasteiger partial charge < -0.3 is 0 Å². The van der Waals surface area contributed by atoms with Gasteiger partial charge in [0.15, 0.2) is 0 Å². The average Bonchev–Trinajstić information content (AvgIpc) is 2.52. The van der Waals surface area contributed by atoms with Crippen LogP contribution in [0.5, 0.6) is 0 Å². The molecule has 0 saturated heterocycles. The number of rotatable bonds is 2. The van der Waals surface area contributed by atoms with Crippen molar-refractivity contribution in [2.75, 3.05) is 23.1 Å². The van der Waals surface area contributed by atoms with E-state index in [-0.39, 0.29) is 17.5 Å². The first kappa shape index (κ1) is 16.9. The zero-order chi connectivity index (χ0) is 17.6. The van der Waals surface area contributed by atoms with Gasteiger partial charge in [-0.15, -0.1) is 0 Å². The number of halogens is 2. The van der Waals surface area contributed by atoms with E-state index in [1.54, 1.807) is 18.2 Å². The minimum Gasteiger partial charge on any atom is -0.288 e. The average molecular weight is 387 g/mol. The van der Waals surface area contributed by atoms with E-state index < -0.39 is 15.9 Å². The molecule has 0 bridgehead atoms. The van der Waals surface area contributed by atoms with Crippen LogP contribution in [0.15, 0.2) is 29.6 Å². The molecule has 7 nitrogen and oxygen atoms in total. The molecule has 1 aliphatic heterocycles. The molecule has 2 heterocycles. The third-order valence-corrected chi connectivity index (χ3v) is 4.93. The molecule has 10 heteroatoms. The van der Waals surface area contributed by atoms with E-state index in [1.165, 1.54) is 23.0 Å². The number of nitrogens with zero attached hydrogens (tertiary/aromatic N) is 4. The van der Waals surface area contributed by atoms with E-state index in [2.05, 4.69) is 9.97 Å². The number of urea groups is 1. The molecule has 0 fully saturated rings.